The molecule has 6 heteroatoms. The summed E-state index contributed by atoms with van der Waals surface area (Å²) in [6.45, 7) is 2.29. The topological polar surface area (TPSA) is 72.9 Å². The molecule has 6 nitrogen and oxygen atoms in total. The third-order valence-corrected chi connectivity index (χ3v) is 3.93. The zero-order chi connectivity index (χ0) is 18.0. The quantitative estimate of drug-likeness (QED) is 0.475. The summed E-state index contributed by atoms with van der Waals surface area (Å²) in [5.41, 5.74) is 1.88. The minimum atomic E-state index is -0.565. The molecule has 1 aliphatic heterocycles. The molecule has 2 aromatic rings. The Morgan fingerprint density at radius 2 is 1.64 bits per heavy atom. The lowest BCUT2D eigenvalue weighted by atomic mass is 10.1. The number of ether oxygens (including phenoxy) is 2. The molecule has 1 heterocycles. The number of imide groups is 1. The first kappa shape index (κ1) is 16.7. The van der Waals surface area contributed by atoms with Crippen LogP contribution in [0.25, 0.3) is 0 Å². The van der Waals surface area contributed by atoms with E-state index < -0.39 is 11.9 Å². The van der Waals surface area contributed by atoms with Crippen LogP contribution in [-0.4, -0.2) is 42.9 Å². The fourth-order valence-electron chi connectivity index (χ4n) is 2.50. The number of amides is 2. The lowest BCUT2D eigenvalue weighted by molar-refractivity contribution is 0.0450. The monoisotopic (exact) mass is 339 g/mol. The minimum absolute atomic E-state index is 0.0799. The summed E-state index contributed by atoms with van der Waals surface area (Å²) in [4.78, 5) is 36.9. The summed E-state index contributed by atoms with van der Waals surface area (Å²) in [7, 11) is 1.41. The molecule has 0 aliphatic carbocycles. The van der Waals surface area contributed by atoms with Crippen molar-refractivity contribution in [3.05, 3.63) is 64.7 Å². The van der Waals surface area contributed by atoms with E-state index in [0.717, 1.165) is 10.5 Å². The van der Waals surface area contributed by atoms with Crippen LogP contribution in [0.5, 0.6) is 5.75 Å². The van der Waals surface area contributed by atoms with Crippen LogP contribution >= 0.6 is 0 Å². The molecular formula is C19H17NO5. The van der Waals surface area contributed by atoms with Crippen molar-refractivity contribution in [1.82, 2.24) is 4.90 Å². The highest BCUT2D eigenvalue weighted by molar-refractivity contribution is 6.21. The smallest absolute Gasteiger partial charge is 0.338 e. The Morgan fingerprint density at radius 1 is 0.960 bits per heavy atom. The Labute approximate surface area is 145 Å². The molecule has 2 aromatic carbocycles. The van der Waals surface area contributed by atoms with Crippen molar-refractivity contribution in [3.8, 4) is 5.75 Å². The van der Waals surface area contributed by atoms with E-state index in [1.54, 1.807) is 0 Å². The Hall–Kier alpha value is -3.15. The Kier molecular flexibility index (Phi) is 4.52. The number of hydrogen-bond donors (Lipinski definition) is 0. The summed E-state index contributed by atoms with van der Waals surface area (Å²) in [6.07, 6.45) is 0. The van der Waals surface area contributed by atoms with Gasteiger partial charge < -0.3 is 9.47 Å². The second kappa shape index (κ2) is 6.76. The molecule has 0 saturated carbocycles. The zero-order valence-corrected chi connectivity index (χ0v) is 13.9. The molecule has 0 N–H and O–H groups in total. The van der Waals surface area contributed by atoms with Gasteiger partial charge in [-0.2, -0.15) is 0 Å². The highest BCUT2D eigenvalue weighted by Gasteiger charge is 2.33. The molecule has 0 bridgehead atoms. The molecule has 1 aliphatic rings. The largest absolute Gasteiger partial charge is 0.490 e. The molecule has 0 spiro atoms. The summed E-state index contributed by atoms with van der Waals surface area (Å²) in [5.74, 6) is -0.653. The highest BCUT2D eigenvalue weighted by atomic mass is 16.6. The van der Waals surface area contributed by atoms with Crippen LogP contribution < -0.4 is 4.74 Å². The fourth-order valence-corrected chi connectivity index (χ4v) is 2.50. The maximum atomic E-state index is 12.1. The number of hydrogen-bond acceptors (Lipinski definition) is 5. The molecule has 0 atom stereocenters. The van der Waals surface area contributed by atoms with E-state index in [-0.39, 0.29) is 30.2 Å². The van der Waals surface area contributed by atoms with Crippen molar-refractivity contribution in [2.45, 2.75) is 6.92 Å². The van der Waals surface area contributed by atoms with Crippen molar-refractivity contribution in [1.29, 1.82) is 0 Å². The standard InChI is InChI=1S/C19H17NO5/c1-12-3-6-14(7-4-12)24-9-10-25-19(23)13-5-8-15-16(11-13)18(22)20(2)17(15)21/h3-8,11H,9-10H2,1-2H3. The SMILES string of the molecule is Cc1ccc(OCCOC(=O)c2ccc3c(c2)C(=O)N(C)C3=O)cc1. The first-order chi connectivity index (χ1) is 12.0. The zero-order valence-electron chi connectivity index (χ0n) is 13.9. The van der Waals surface area contributed by atoms with Crippen LogP contribution in [0.4, 0.5) is 0 Å². The average Bonchev–Trinajstić information content (AvgIpc) is 2.84. The van der Waals surface area contributed by atoms with Gasteiger partial charge in [-0.3, -0.25) is 14.5 Å². The van der Waals surface area contributed by atoms with Gasteiger partial charge in [0.05, 0.1) is 16.7 Å². The van der Waals surface area contributed by atoms with Crippen LogP contribution in [0, 0.1) is 6.92 Å². The predicted octanol–water partition coefficient (Wildman–Crippen LogP) is 2.46. The molecule has 2 amide bonds. The van der Waals surface area contributed by atoms with E-state index in [4.69, 9.17) is 9.47 Å². The number of carbonyl (C=O) groups excluding carboxylic acids is 3. The van der Waals surface area contributed by atoms with Crippen LogP contribution in [0.15, 0.2) is 42.5 Å². The summed E-state index contributed by atoms with van der Waals surface area (Å²) >= 11 is 0. The van der Waals surface area contributed by atoms with Crippen LogP contribution in [-0.2, 0) is 4.74 Å². The van der Waals surface area contributed by atoms with Gasteiger partial charge >= 0.3 is 5.97 Å². The van der Waals surface area contributed by atoms with Crippen LogP contribution in [0.1, 0.15) is 36.6 Å². The number of nitrogens with zero attached hydrogens (tertiary/aromatic N) is 1. The van der Waals surface area contributed by atoms with Crippen LogP contribution in [0.2, 0.25) is 0 Å². The van der Waals surface area contributed by atoms with Crippen LogP contribution in [0.3, 0.4) is 0 Å². The maximum absolute atomic E-state index is 12.1. The lowest BCUT2D eigenvalue weighted by Crippen LogP contribution is -2.24. The van der Waals surface area contributed by atoms with Crippen molar-refractivity contribution in [3.63, 3.8) is 0 Å². The van der Waals surface area contributed by atoms with Gasteiger partial charge in [0.2, 0.25) is 0 Å². The molecule has 0 aromatic heterocycles. The van der Waals surface area contributed by atoms with E-state index in [2.05, 4.69) is 0 Å². The number of benzene rings is 2. The molecule has 3 rings (SSSR count). The molecule has 0 unspecified atom stereocenters. The molecule has 0 radical (unpaired) electrons. The summed E-state index contributed by atoms with van der Waals surface area (Å²) < 4.78 is 10.6. The number of fused-ring (bicyclic) bond motifs is 1. The fraction of sp³-hybridized carbons (Fsp3) is 0.211. The molecule has 0 fully saturated rings. The number of aryl methyl sites for hydroxylation is 1. The van der Waals surface area contributed by atoms with Gasteiger partial charge in [-0.1, -0.05) is 17.7 Å². The lowest BCUT2D eigenvalue weighted by Gasteiger charge is -2.08. The number of carbonyl (C=O) groups is 3. The van der Waals surface area contributed by atoms with Gasteiger partial charge in [-0.15, -0.1) is 0 Å². The van der Waals surface area contributed by atoms with Gasteiger partial charge in [-0.25, -0.2) is 4.79 Å². The van der Waals surface area contributed by atoms with Gasteiger partial charge in [0.25, 0.3) is 11.8 Å². The molecule has 25 heavy (non-hydrogen) atoms. The van der Waals surface area contributed by atoms with Crippen molar-refractivity contribution < 1.29 is 23.9 Å². The van der Waals surface area contributed by atoms with Crippen molar-refractivity contribution in [2.24, 2.45) is 0 Å². The predicted molar refractivity (Wildman–Crippen MR) is 89.8 cm³/mol. The molecule has 128 valence electrons. The first-order valence-electron chi connectivity index (χ1n) is 7.80. The Morgan fingerprint density at radius 3 is 2.36 bits per heavy atom. The van der Waals surface area contributed by atoms with E-state index in [1.807, 2.05) is 31.2 Å². The van der Waals surface area contributed by atoms with Gasteiger partial charge in [0, 0.05) is 7.05 Å². The third kappa shape index (κ3) is 3.38. The first-order valence-corrected chi connectivity index (χ1v) is 7.80. The van der Waals surface area contributed by atoms with Gasteiger partial charge in [0.15, 0.2) is 0 Å². The average molecular weight is 339 g/mol. The normalized spacial score (nSPS) is 13.0. The summed E-state index contributed by atoms with van der Waals surface area (Å²) in [6, 6.07) is 11.9. The van der Waals surface area contributed by atoms with Gasteiger partial charge in [0.1, 0.15) is 19.0 Å². The number of rotatable bonds is 5. The molecule has 0 saturated heterocycles. The van der Waals surface area contributed by atoms with Gasteiger partial charge in [-0.05, 0) is 37.3 Å². The van der Waals surface area contributed by atoms with E-state index in [1.165, 1.54) is 25.2 Å². The highest BCUT2D eigenvalue weighted by Crippen LogP contribution is 2.23. The van der Waals surface area contributed by atoms with Crippen molar-refractivity contribution >= 4 is 17.8 Å². The third-order valence-electron chi connectivity index (χ3n) is 3.93. The van der Waals surface area contributed by atoms with E-state index in [0.29, 0.717) is 11.3 Å². The van der Waals surface area contributed by atoms with E-state index in [9.17, 15) is 14.4 Å². The maximum Gasteiger partial charge on any atom is 0.338 e. The van der Waals surface area contributed by atoms with E-state index >= 15 is 0 Å². The second-order valence-corrected chi connectivity index (χ2v) is 5.73. The Bertz CT molecular complexity index is 841. The number of esters is 1. The minimum Gasteiger partial charge on any atom is -0.490 e. The second-order valence-electron chi connectivity index (χ2n) is 5.73. The van der Waals surface area contributed by atoms with Crippen molar-refractivity contribution in [2.75, 3.05) is 20.3 Å². The molecular weight excluding hydrogens is 322 g/mol. The summed E-state index contributed by atoms with van der Waals surface area (Å²) in [5, 5.41) is 0. The Balaban J connectivity index is 1.56.